The van der Waals surface area contributed by atoms with Crippen molar-refractivity contribution in [3.63, 3.8) is 0 Å². The number of nitrogens with one attached hydrogen (secondary N) is 1. The van der Waals surface area contributed by atoms with Gasteiger partial charge in [0.25, 0.3) is 5.91 Å². The molecular weight excluding hydrogens is 394 g/mol. The van der Waals surface area contributed by atoms with Crippen molar-refractivity contribution in [1.82, 2.24) is 15.1 Å². The highest BCUT2D eigenvalue weighted by Crippen LogP contribution is 2.20. The first kappa shape index (κ1) is 20.0. The fourth-order valence-electron chi connectivity index (χ4n) is 3.31. The number of thioether (sulfide) groups is 1. The molecule has 5 nitrogen and oxygen atoms in total. The highest BCUT2D eigenvalue weighted by Gasteiger charge is 2.10. The van der Waals surface area contributed by atoms with Gasteiger partial charge in [0.05, 0.1) is 25.4 Å². The van der Waals surface area contributed by atoms with Gasteiger partial charge in [0.2, 0.25) is 0 Å². The molecule has 0 radical (unpaired) electrons. The van der Waals surface area contributed by atoms with Gasteiger partial charge in [0.1, 0.15) is 5.75 Å². The third-order valence-electron chi connectivity index (χ3n) is 4.99. The summed E-state index contributed by atoms with van der Waals surface area (Å²) in [5.41, 5.74) is 3.71. The summed E-state index contributed by atoms with van der Waals surface area (Å²) < 4.78 is 7.21. The van der Waals surface area contributed by atoms with Crippen LogP contribution in [0.1, 0.15) is 21.5 Å². The van der Waals surface area contributed by atoms with Gasteiger partial charge in [-0.1, -0.05) is 30.3 Å². The molecule has 0 aliphatic rings. The number of carbonyl (C=O) groups excluding carboxylic acids is 1. The molecule has 4 rings (SSSR count). The molecule has 0 saturated heterocycles. The molecule has 0 atom stereocenters. The van der Waals surface area contributed by atoms with Gasteiger partial charge in [0, 0.05) is 22.4 Å². The second kappa shape index (κ2) is 9.05. The number of carbonyl (C=O) groups is 1. The maximum atomic E-state index is 12.7. The van der Waals surface area contributed by atoms with Crippen molar-refractivity contribution in [3.05, 3.63) is 89.6 Å². The Balaban J connectivity index is 1.50. The van der Waals surface area contributed by atoms with Crippen molar-refractivity contribution in [2.45, 2.75) is 18.0 Å². The predicted octanol–water partition coefficient (Wildman–Crippen LogP) is 4.75. The van der Waals surface area contributed by atoms with Crippen LogP contribution >= 0.6 is 11.8 Å². The summed E-state index contributed by atoms with van der Waals surface area (Å²) in [4.78, 5) is 13.9. The Labute approximate surface area is 180 Å². The minimum absolute atomic E-state index is 0.0972. The Morgan fingerprint density at radius 3 is 2.67 bits per heavy atom. The van der Waals surface area contributed by atoms with Gasteiger partial charge in [-0.15, -0.1) is 11.8 Å². The zero-order valence-corrected chi connectivity index (χ0v) is 17.8. The second-order valence-electron chi connectivity index (χ2n) is 6.96. The van der Waals surface area contributed by atoms with Crippen LogP contribution in [0.3, 0.4) is 0 Å². The molecule has 0 spiro atoms. The van der Waals surface area contributed by atoms with E-state index in [0.717, 1.165) is 27.8 Å². The number of fused-ring (bicyclic) bond motifs is 1. The maximum absolute atomic E-state index is 12.7. The summed E-state index contributed by atoms with van der Waals surface area (Å²) in [6.07, 6.45) is 3.87. The summed E-state index contributed by atoms with van der Waals surface area (Å²) in [6.45, 7) is 1.10. The molecule has 1 aromatic heterocycles. The van der Waals surface area contributed by atoms with Gasteiger partial charge in [-0.3, -0.25) is 9.48 Å². The summed E-state index contributed by atoms with van der Waals surface area (Å²) in [5.74, 6) is 0.717. The Bertz CT molecular complexity index is 1170. The van der Waals surface area contributed by atoms with Gasteiger partial charge in [-0.05, 0) is 53.8 Å². The monoisotopic (exact) mass is 417 g/mol. The number of hydrogen-bond donors (Lipinski definition) is 1. The van der Waals surface area contributed by atoms with Gasteiger partial charge in [-0.2, -0.15) is 5.10 Å². The molecule has 0 fully saturated rings. The van der Waals surface area contributed by atoms with E-state index in [1.54, 1.807) is 18.9 Å². The van der Waals surface area contributed by atoms with E-state index in [2.05, 4.69) is 22.5 Å². The Morgan fingerprint density at radius 1 is 1.07 bits per heavy atom. The van der Waals surface area contributed by atoms with E-state index in [-0.39, 0.29) is 5.91 Å². The van der Waals surface area contributed by atoms with E-state index in [0.29, 0.717) is 18.7 Å². The maximum Gasteiger partial charge on any atom is 0.251 e. The van der Waals surface area contributed by atoms with Crippen LogP contribution in [0.25, 0.3) is 10.9 Å². The normalized spacial score (nSPS) is 10.9. The molecule has 0 aliphatic carbocycles. The standard InChI is InChI=1S/C24H23N3O2S/c1-29-21-5-3-4-18(12-21)16-27-23-13-19(8-9-20(23)15-26-27)24(28)25-14-17-6-10-22(30-2)11-7-17/h3-13,15H,14,16H2,1-2H3,(H,25,28). The molecule has 6 heteroatoms. The Kier molecular flexibility index (Phi) is 6.05. The highest BCUT2D eigenvalue weighted by atomic mass is 32.2. The van der Waals surface area contributed by atoms with Gasteiger partial charge in [0.15, 0.2) is 0 Å². The Morgan fingerprint density at radius 2 is 1.90 bits per heavy atom. The molecule has 0 unspecified atom stereocenters. The van der Waals surface area contributed by atoms with E-state index in [1.807, 2.05) is 71.7 Å². The summed E-state index contributed by atoms with van der Waals surface area (Å²) in [5, 5.41) is 8.50. The van der Waals surface area contributed by atoms with Gasteiger partial charge >= 0.3 is 0 Å². The lowest BCUT2D eigenvalue weighted by Gasteiger charge is -2.08. The third-order valence-corrected chi connectivity index (χ3v) is 5.73. The molecule has 1 heterocycles. The average molecular weight is 418 g/mol. The zero-order valence-electron chi connectivity index (χ0n) is 17.0. The smallest absolute Gasteiger partial charge is 0.251 e. The number of nitrogens with zero attached hydrogens (tertiary/aromatic N) is 2. The van der Waals surface area contributed by atoms with Crippen LogP contribution in [0.2, 0.25) is 0 Å². The number of aromatic nitrogens is 2. The highest BCUT2D eigenvalue weighted by molar-refractivity contribution is 7.98. The summed E-state index contributed by atoms with van der Waals surface area (Å²) >= 11 is 1.70. The first-order chi connectivity index (χ1) is 14.7. The average Bonchev–Trinajstić information content (AvgIpc) is 3.19. The minimum Gasteiger partial charge on any atom is -0.497 e. The molecule has 0 aliphatic heterocycles. The molecule has 0 bridgehead atoms. The molecule has 3 aromatic carbocycles. The Hall–Kier alpha value is -3.25. The van der Waals surface area contributed by atoms with Crippen molar-refractivity contribution in [3.8, 4) is 5.75 Å². The van der Waals surface area contributed by atoms with Crippen LogP contribution in [0.5, 0.6) is 5.75 Å². The second-order valence-corrected chi connectivity index (χ2v) is 7.84. The van der Waals surface area contributed by atoms with Gasteiger partial charge in [-0.25, -0.2) is 0 Å². The lowest BCUT2D eigenvalue weighted by Crippen LogP contribution is -2.22. The lowest BCUT2D eigenvalue weighted by molar-refractivity contribution is 0.0951. The molecule has 152 valence electrons. The largest absolute Gasteiger partial charge is 0.497 e. The SMILES string of the molecule is COc1cccc(Cn2ncc3ccc(C(=O)NCc4ccc(SC)cc4)cc32)c1. The van der Waals surface area contributed by atoms with Crippen LogP contribution in [-0.4, -0.2) is 29.1 Å². The molecule has 0 saturated carbocycles. The first-order valence-electron chi connectivity index (χ1n) is 9.66. The lowest BCUT2D eigenvalue weighted by atomic mass is 10.1. The number of benzene rings is 3. The molecular formula is C24H23N3O2S. The van der Waals surface area contributed by atoms with Crippen LogP contribution < -0.4 is 10.1 Å². The molecule has 4 aromatic rings. The first-order valence-corrected chi connectivity index (χ1v) is 10.9. The summed E-state index contributed by atoms with van der Waals surface area (Å²) in [6, 6.07) is 21.8. The van der Waals surface area contributed by atoms with E-state index >= 15 is 0 Å². The fourth-order valence-corrected chi connectivity index (χ4v) is 3.72. The van der Waals surface area contributed by atoms with E-state index in [1.165, 1.54) is 4.90 Å². The number of amides is 1. The minimum atomic E-state index is -0.0972. The van der Waals surface area contributed by atoms with E-state index < -0.39 is 0 Å². The van der Waals surface area contributed by atoms with Crippen molar-refractivity contribution >= 4 is 28.6 Å². The third kappa shape index (κ3) is 4.49. The zero-order chi connectivity index (χ0) is 20.9. The number of rotatable bonds is 7. The number of ether oxygens (including phenoxy) is 1. The van der Waals surface area contributed by atoms with E-state index in [4.69, 9.17) is 4.74 Å². The van der Waals surface area contributed by atoms with Crippen LogP contribution in [0, 0.1) is 0 Å². The topological polar surface area (TPSA) is 56.2 Å². The molecule has 1 amide bonds. The van der Waals surface area contributed by atoms with Crippen LogP contribution in [0.15, 0.2) is 77.8 Å². The van der Waals surface area contributed by atoms with E-state index in [9.17, 15) is 4.79 Å². The summed E-state index contributed by atoms with van der Waals surface area (Å²) in [7, 11) is 1.66. The van der Waals surface area contributed by atoms with Crippen LogP contribution in [0.4, 0.5) is 0 Å². The number of methoxy groups -OCH3 is 1. The van der Waals surface area contributed by atoms with Crippen molar-refractivity contribution < 1.29 is 9.53 Å². The fraction of sp³-hybridized carbons (Fsp3) is 0.167. The number of hydrogen-bond acceptors (Lipinski definition) is 4. The van der Waals surface area contributed by atoms with Crippen molar-refractivity contribution in [1.29, 1.82) is 0 Å². The van der Waals surface area contributed by atoms with Crippen LogP contribution in [-0.2, 0) is 13.1 Å². The quantitative estimate of drug-likeness (QED) is 0.441. The molecule has 30 heavy (non-hydrogen) atoms. The van der Waals surface area contributed by atoms with Gasteiger partial charge < -0.3 is 10.1 Å². The van der Waals surface area contributed by atoms with Crippen molar-refractivity contribution in [2.24, 2.45) is 0 Å². The molecule has 1 N–H and O–H groups in total. The predicted molar refractivity (Wildman–Crippen MR) is 121 cm³/mol. The van der Waals surface area contributed by atoms with Crippen molar-refractivity contribution in [2.75, 3.05) is 13.4 Å².